The molecule has 1 aromatic heterocycles. The fourth-order valence-electron chi connectivity index (χ4n) is 1.67. The van der Waals surface area contributed by atoms with E-state index in [1.54, 1.807) is 25.4 Å². The second-order valence-electron chi connectivity index (χ2n) is 4.00. The van der Waals surface area contributed by atoms with Crippen molar-refractivity contribution in [2.75, 3.05) is 18.9 Å². The highest BCUT2D eigenvalue weighted by molar-refractivity contribution is 7.14. The van der Waals surface area contributed by atoms with Gasteiger partial charge in [-0.3, -0.25) is 14.5 Å². The molecule has 0 aliphatic heterocycles. The SMILES string of the molecule is CCC(C(=O)O)N(C)CC(=O)Nc1sccc1C#N. The van der Waals surface area contributed by atoms with Crippen LogP contribution in [0, 0.1) is 11.3 Å². The number of thiophene rings is 1. The summed E-state index contributed by atoms with van der Waals surface area (Å²) in [6.45, 7) is 1.72. The van der Waals surface area contributed by atoms with Crippen LogP contribution in [0.4, 0.5) is 5.00 Å². The fourth-order valence-corrected chi connectivity index (χ4v) is 2.43. The number of nitrogens with zero attached hydrogens (tertiary/aromatic N) is 2. The maximum Gasteiger partial charge on any atom is 0.320 e. The van der Waals surface area contributed by atoms with Crippen LogP contribution in [0.15, 0.2) is 11.4 Å². The highest BCUT2D eigenvalue weighted by Gasteiger charge is 2.22. The molecule has 0 saturated carbocycles. The van der Waals surface area contributed by atoms with Crippen LogP contribution in [0.1, 0.15) is 18.9 Å². The Kier molecular flexibility index (Phi) is 5.48. The van der Waals surface area contributed by atoms with Crippen LogP contribution in [0.2, 0.25) is 0 Å². The van der Waals surface area contributed by atoms with E-state index in [0.717, 1.165) is 0 Å². The van der Waals surface area contributed by atoms with Gasteiger partial charge in [0.25, 0.3) is 0 Å². The number of carboxylic acids is 1. The number of hydrogen-bond acceptors (Lipinski definition) is 5. The number of nitrogens with one attached hydrogen (secondary N) is 1. The molecule has 1 unspecified atom stereocenters. The first-order valence-electron chi connectivity index (χ1n) is 5.70. The smallest absolute Gasteiger partial charge is 0.320 e. The molecule has 0 aliphatic rings. The molecule has 0 bridgehead atoms. The molecule has 1 atom stereocenters. The third kappa shape index (κ3) is 4.05. The third-order valence-electron chi connectivity index (χ3n) is 2.64. The molecule has 1 rings (SSSR count). The Labute approximate surface area is 115 Å². The van der Waals surface area contributed by atoms with Crippen molar-refractivity contribution < 1.29 is 14.7 Å². The quantitative estimate of drug-likeness (QED) is 0.821. The van der Waals surface area contributed by atoms with Gasteiger partial charge < -0.3 is 10.4 Å². The molecule has 0 saturated heterocycles. The van der Waals surface area contributed by atoms with E-state index < -0.39 is 12.0 Å². The number of likely N-dealkylation sites (N-methyl/N-ethyl adjacent to an activating group) is 1. The maximum atomic E-state index is 11.8. The van der Waals surface area contributed by atoms with E-state index in [-0.39, 0.29) is 12.5 Å². The summed E-state index contributed by atoms with van der Waals surface area (Å²) < 4.78 is 0. The van der Waals surface area contributed by atoms with E-state index in [1.807, 2.05) is 6.07 Å². The first-order valence-corrected chi connectivity index (χ1v) is 6.58. The molecule has 102 valence electrons. The summed E-state index contributed by atoms with van der Waals surface area (Å²) >= 11 is 1.26. The summed E-state index contributed by atoms with van der Waals surface area (Å²) in [5.74, 6) is -1.28. The lowest BCUT2D eigenvalue weighted by atomic mass is 10.2. The Morgan fingerprint density at radius 2 is 2.32 bits per heavy atom. The number of carbonyl (C=O) groups excluding carboxylic acids is 1. The van der Waals surface area contributed by atoms with Gasteiger partial charge in [0.15, 0.2) is 0 Å². The van der Waals surface area contributed by atoms with Crippen LogP contribution < -0.4 is 5.32 Å². The standard InChI is InChI=1S/C12H15N3O3S/c1-3-9(12(17)18)15(2)7-10(16)14-11-8(6-13)4-5-19-11/h4-5,9H,3,7H2,1-2H3,(H,14,16)(H,17,18). The summed E-state index contributed by atoms with van der Waals surface area (Å²) in [4.78, 5) is 24.2. The largest absolute Gasteiger partial charge is 0.480 e. The van der Waals surface area contributed by atoms with Crippen molar-refractivity contribution in [3.05, 3.63) is 17.0 Å². The summed E-state index contributed by atoms with van der Waals surface area (Å²) in [6, 6.07) is 2.91. The van der Waals surface area contributed by atoms with Gasteiger partial charge >= 0.3 is 5.97 Å². The zero-order valence-corrected chi connectivity index (χ0v) is 11.5. The second kappa shape index (κ2) is 6.87. The molecule has 2 N–H and O–H groups in total. The zero-order valence-electron chi connectivity index (χ0n) is 10.7. The molecular formula is C12H15N3O3S. The first kappa shape index (κ1) is 15.1. The Morgan fingerprint density at radius 1 is 1.63 bits per heavy atom. The number of carbonyl (C=O) groups is 2. The van der Waals surface area contributed by atoms with Gasteiger partial charge in [0.1, 0.15) is 17.1 Å². The van der Waals surface area contributed by atoms with E-state index in [0.29, 0.717) is 17.0 Å². The van der Waals surface area contributed by atoms with Gasteiger partial charge in [-0.1, -0.05) is 6.92 Å². The highest BCUT2D eigenvalue weighted by Crippen LogP contribution is 2.21. The van der Waals surface area contributed by atoms with Gasteiger partial charge in [-0.2, -0.15) is 5.26 Å². The fraction of sp³-hybridized carbons (Fsp3) is 0.417. The zero-order chi connectivity index (χ0) is 14.4. The molecule has 0 aliphatic carbocycles. The molecule has 0 radical (unpaired) electrons. The third-order valence-corrected chi connectivity index (χ3v) is 3.47. The molecule has 1 heterocycles. The van der Waals surface area contributed by atoms with Gasteiger partial charge in [0.2, 0.25) is 5.91 Å². The Balaban J connectivity index is 2.61. The molecule has 1 amide bonds. The first-order chi connectivity index (χ1) is 8.99. The molecule has 0 fully saturated rings. The average molecular weight is 281 g/mol. The van der Waals surface area contributed by atoms with Gasteiger partial charge in [0, 0.05) is 0 Å². The minimum atomic E-state index is -0.952. The molecule has 6 nitrogen and oxygen atoms in total. The summed E-state index contributed by atoms with van der Waals surface area (Å²) in [5, 5.41) is 22.6. The number of rotatable bonds is 6. The molecule has 0 aromatic carbocycles. The van der Waals surface area contributed by atoms with Gasteiger partial charge in [-0.15, -0.1) is 11.3 Å². The monoisotopic (exact) mass is 281 g/mol. The van der Waals surface area contributed by atoms with Crippen molar-refractivity contribution in [3.63, 3.8) is 0 Å². The topological polar surface area (TPSA) is 93.4 Å². The summed E-state index contributed by atoms with van der Waals surface area (Å²) in [5.41, 5.74) is 0.409. The lowest BCUT2D eigenvalue weighted by Crippen LogP contribution is -2.42. The van der Waals surface area contributed by atoms with Crippen LogP contribution in [0.5, 0.6) is 0 Å². The number of hydrogen-bond donors (Lipinski definition) is 2. The van der Waals surface area contributed by atoms with Gasteiger partial charge in [-0.05, 0) is 24.9 Å². The highest BCUT2D eigenvalue weighted by atomic mass is 32.1. The van der Waals surface area contributed by atoms with E-state index in [4.69, 9.17) is 10.4 Å². The van der Waals surface area contributed by atoms with Crippen molar-refractivity contribution in [2.45, 2.75) is 19.4 Å². The van der Waals surface area contributed by atoms with E-state index >= 15 is 0 Å². The number of anilines is 1. The second-order valence-corrected chi connectivity index (χ2v) is 4.92. The molecule has 7 heteroatoms. The average Bonchev–Trinajstić information content (AvgIpc) is 2.76. The van der Waals surface area contributed by atoms with Gasteiger partial charge in [0.05, 0.1) is 12.1 Å². The predicted molar refractivity (Wildman–Crippen MR) is 72.0 cm³/mol. The van der Waals surface area contributed by atoms with Crippen LogP contribution in [-0.4, -0.2) is 41.5 Å². The summed E-state index contributed by atoms with van der Waals surface area (Å²) in [6.07, 6.45) is 0.418. The van der Waals surface area contributed by atoms with Crippen LogP contribution in [-0.2, 0) is 9.59 Å². The lowest BCUT2D eigenvalue weighted by Gasteiger charge is -2.22. The maximum absolute atomic E-state index is 11.8. The number of amides is 1. The minimum Gasteiger partial charge on any atom is -0.480 e. The molecular weight excluding hydrogens is 266 g/mol. The molecule has 0 spiro atoms. The van der Waals surface area contributed by atoms with Crippen LogP contribution >= 0.6 is 11.3 Å². The number of carboxylic acid groups (broad SMARTS) is 1. The van der Waals surface area contributed by atoms with Crippen molar-refractivity contribution in [3.8, 4) is 6.07 Å². The van der Waals surface area contributed by atoms with E-state index in [9.17, 15) is 9.59 Å². The predicted octanol–water partition coefficient (Wildman–Crippen LogP) is 1.35. The molecule has 1 aromatic rings. The van der Waals surface area contributed by atoms with Crippen molar-refractivity contribution in [1.29, 1.82) is 5.26 Å². The lowest BCUT2D eigenvalue weighted by molar-refractivity contribution is -0.143. The Morgan fingerprint density at radius 3 is 2.84 bits per heavy atom. The Hall–Kier alpha value is -1.91. The number of nitriles is 1. The normalized spacial score (nSPS) is 11.9. The van der Waals surface area contributed by atoms with Crippen molar-refractivity contribution >= 4 is 28.2 Å². The van der Waals surface area contributed by atoms with Crippen LogP contribution in [0.3, 0.4) is 0 Å². The van der Waals surface area contributed by atoms with Crippen molar-refractivity contribution in [2.24, 2.45) is 0 Å². The summed E-state index contributed by atoms with van der Waals surface area (Å²) in [7, 11) is 1.58. The van der Waals surface area contributed by atoms with Crippen molar-refractivity contribution in [1.82, 2.24) is 4.90 Å². The number of aliphatic carboxylic acids is 1. The van der Waals surface area contributed by atoms with Crippen LogP contribution in [0.25, 0.3) is 0 Å². The van der Waals surface area contributed by atoms with Gasteiger partial charge in [-0.25, -0.2) is 0 Å². The van der Waals surface area contributed by atoms with E-state index in [1.165, 1.54) is 16.2 Å². The van der Waals surface area contributed by atoms with E-state index in [2.05, 4.69) is 5.32 Å². The Bertz CT molecular complexity index is 507. The molecule has 19 heavy (non-hydrogen) atoms. The minimum absolute atomic E-state index is 0.0342.